The third-order valence-electron chi connectivity index (χ3n) is 2.61. The van der Waals surface area contributed by atoms with Gasteiger partial charge in [-0.15, -0.1) is 22.7 Å². The van der Waals surface area contributed by atoms with Crippen molar-refractivity contribution in [1.82, 2.24) is 5.32 Å². The Morgan fingerprint density at radius 2 is 1.83 bits per heavy atom. The molecule has 0 aliphatic carbocycles. The van der Waals surface area contributed by atoms with E-state index in [0.29, 0.717) is 6.04 Å². The van der Waals surface area contributed by atoms with Crippen LogP contribution < -0.4 is 5.32 Å². The number of rotatable bonds is 6. The second kappa shape index (κ2) is 7.20. The van der Waals surface area contributed by atoms with Crippen LogP contribution >= 0.6 is 54.5 Å². The van der Waals surface area contributed by atoms with E-state index in [1.807, 2.05) is 22.7 Å². The van der Waals surface area contributed by atoms with Crippen molar-refractivity contribution in [3.63, 3.8) is 0 Å². The maximum Gasteiger partial charge on any atom is 0.0701 e. The predicted molar refractivity (Wildman–Crippen MR) is 88.8 cm³/mol. The van der Waals surface area contributed by atoms with Gasteiger partial charge in [0.15, 0.2) is 0 Å². The summed E-state index contributed by atoms with van der Waals surface area (Å²) in [6, 6.07) is 9.10. The summed E-state index contributed by atoms with van der Waals surface area (Å²) in [6.45, 7) is 3.27. The first kappa shape index (κ1) is 14.7. The highest BCUT2D eigenvalue weighted by Crippen LogP contribution is 2.31. The maximum absolute atomic E-state index is 3.64. The van der Waals surface area contributed by atoms with E-state index in [1.165, 1.54) is 17.3 Å². The van der Waals surface area contributed by atoms with E-state index in [2.05, 4.69) is 68.4 Å². The third kappa shape index (κ3) is 4.17. The smallest absolute Gasteiger partial charge is 0.0701 e. The molecule has 0 fully saturated rings. The topological polar surface area (TPSA) is 12.0 Å². The van der Waals surface area contributed by atoms with Crippen molar-refractivity contribution in [1.29, 1.82) is 0 Å². The van der Waals surface area contributed by atoms with Crippen LogP contribution in [0.15, 0.2) is 31.8 Å². The van der Waals surface area contributed by atoms with Gasteiger partial charge in [0.2, 0.25) is 0 Å². The molecule has 2 aromatic rings. The fraction of sp³-hybridized carbons (Fsp3) is 0.385. The quantitative estimate of drug-likeness (QED) is 0.654. The average molecular weight is 409 g/mol. The van der Waals surface area contributed by atoms with Gasteiger partial charge < -0.3 is 5.32 Å². The molecule has 2 heterocycles. The van der Waals surface area contributed by atoms with Gasteiger partial charge in [-0.05, 0) is 69.1 Å². The van der Waals surface area contributed by atoms with Crippen molar-refractivity contribution in [2.45, 2.75) is 25.8 Å². The Morgan fingerprint density at radius 1 is 1.11 bits per heavy atom. The molecule has 1 nitrogen and oxygen atoms in total. The van der Waals surface area contributed by atoms with Crippen molar-refractivity contribution in [3.8, 4) is 0 Å². The molecule has 0 amide bonds. The lowest BCUT2D eigenvalue weighted by molar-refractivity contribution is 0.539. The molecule has 2 aromatic heterocycles. The largest absolute Gasteiger partial charge is 0.309 e. The van der Waals surface area contributed by atoms with E-state index in [9.17, 15) is 0 Å². The second-order valence-electron chi connectivity index (χ2n) is 4.06. The van der Waals surface area contributed by atoms with Gasteiger partial charge in [0.05, 0.1) is 7.57 Å². The minimum Gasteiger partial charge on any atom is -0.309 e. The Morgan fingerprint density at radius 3 is 2.39 bits per heavy atom. The van der Waals surface area contributed by atoms with Gasteiger partial charge in [0.1, 0.15) is 0 Å². The third-order valence-corrected chi connectivity index (χ3v) is 6.00. The highest BCUT2D eigenvalue weighted by molar-refractivity contribution is 9.11. The first-order valence-electron chi connectivity index (χ1n) is 5.92. The molecule has 98 valence electrons. The highest BCUT2D eigenvalue weighted by Gasteiger charge is 2.14. The Bertz CT molecular complexity index is 493. The zero-order chi connectivity index (χ0) is 13.0. The highest BCUT2D eigenvalue weighted by atomic mass is 79.9. The normalized spacial score (nSPS) is 12.8. The molecule has 0 aliphatic heterocycles. The Hall–Kier alpha value is 0.320. The Labute approximate surface area is 133 Å². The summed E-state index contributed by atoms with van der Waals surface area (Å²) < 4.78 is 2.41. The van der Waals surface area contributed by atoms with Crippen LogP contribution in [-0.4, -0.2) is 6.54 Å². The van der Waals surface area contributed by atoms with Crippen molar-refractivity contribution in [3.05, 3.63) is 41.6 Å². The molecule has 0 bridgehead atoms. The number of hydrogen-bond donors (Lipinski definition) is 1. The zero-order valence-electron chi connectivity index (χ0n) is 10.1. The minimum absolute atomic E-state index is 0.423. The van der Waals surface area contributed by atoms with E-state index in [1.54, 1.807) is 0 Å². The number of nitrogens with one attached hydrogen (secondary N) is 1. The number of hydrogen-bond acceptors (Lipinski definition) is 3. The van der Waals surface area contributed by atoms with Crippen LogP contribution in [0.5, 0.6) is 0 Å². The first-order chi connectivity index (χ1) is 8.69. The van der Waals surface area contributed by atoms with E-state index in [4.69, 9.17) is 0 Å². The molecular weight excluding hydrogens is 394 g/mol. The molecule has 1 N–H and O–H groups in total. The first-order valence-corrected chi connectivity index (χ1v) is 9.13. The summed E-state index contributed by atoms with van der Waals surface area (Å²) in [4.78, 5) is 2.82. The van der Waals surface area contributed by atoms with Crippen LogP contribution in [0.1, 0.15) is 29.1 Å². The summed E-state index contributed by atoms with van der Waals surface area (Å²) in [7, 11) is 0. The van der Waals surface area contributed by atoms with Crippen molar-refractivity contribution in [2.75, 3.05) is 6.54 Å². The van der Waals surface area contributed by atoms with Crippen LogP contribution in [0.2, 0.25) is 0 Å². The SMILES string of the molecule is CCCNC(Cc1ccc(Br)s1)c1ccc(Br)s1. The standard InChI is InChI=1S/C13H15Br2NS2/c1-2-7-16-10(11-4-6-13(15)18-11)8-9-3-5-12(14)17-9/h3-6,10,16H,2,7-8H2,1H3. The monoisotopic (exact) mass is 407 g/mol. The van der Waals surface area contributed by atoms with Crippen molar-refractivity contribution >= 4 is 54.5 Å². The molecule has 5 heteroatoms. The molecule has 2 rings (SSSR count). The summed E-state index contributed by atoms with van der Waals surface area (Å²) in [5, 5.41) is 3.64. The van der Waals surface area contributed by atoms with Crippen LogP contribution in [0.3, 0.4) is 0 Å². The summed E-state index contributed by atoms with van der Waals surface area (Å²) >= 11 is 10.7. The fourth-order valence-corrected chi connectivity index (χ4v) is 4.80. The van der Waals surface area contributed by atoms with Gasteiger partial charge in [0, 0.05) is 22.2 Å². The Kier molecular flexibility index (Phi) is 5.89. The Balaban J connectivity index is 2.09. The zero-order valence-corrected chi connectivity index (χ0v) is 14.9. The van der Waals surface area contributed by atoms with E-state index in [0.717, 1.165) is 19.4 Å². The molecule has 1 atom stereocenters. The number of halogens is 2. The second-order valence-corrected chi connectivity index (χ2v) is 9.10. The molecule has 0 saturated heterocycles. The molecular formula is C13H15Br2NS2. The van der Waals surface area contributed by atoms with Crippen molar-refractivity contribution < 1.29 is 0 Å². The number of thiophene rings is 2. The van der Waals surface area contributed by atoms with Gasteiger partial charge >= 0.3 is 0 Å². The molecule has 0 aliphatic rings. The predicted octanol–water partition coefficient (Wildman–Crippen LogP) is 5.62. The molecule has 0 aromatic carbocycles. The van der Waals surface area contributed by atoms with E-state index >= 15 is 0 Å². The van der Waals surface area contributed by atoms with Gasteiger partial charge in [-0.3, -0.25) is 0 Å². The maximum atomic E-state index is 3.64. The van der Waals surface area contributed by atoms with Gasteiger partial charge in [0.25, 0.3) is 0 Å². The molecule has 0 radical (unpaired) electrons. The molecule has 0 spiro atoms. The molecule has 1 unspecified atom stereocenters. The average Bonchev–Trinajstić information content (AvgIpc) is 2.93. The fourth-order valence-electron chi connectivity index (χ4n) is 1.77. The van der Waals surface area contributed by atoms with Gasteiger partial charge in [-0.1, -0.05) is 6.92 Å². The summed E-state index contributed by atoms with van der Waals surface area (Å²) in [5.41, 5.74) is 0. The lowest BCUT2D eigenvalue weighted by Gasteiger charge is -2.16. The molecule has 18 heavy (non-hydrogen) atoms. The van der Waals surface area contributed by atoms with Crippen LogP contribution in [-0.2, 0) is 6.42 Å². The summed E-state index contributed by atoms with van der Waals surface area (Å²) in [5.74, 6) is 0. The van der Waals surface area contributed by atoms with Crippen LogP contribution in [0.25, 0.3) is 0 Å². The minimum atomic E-state index is 0.423. The van der Waals surface area contributed by atoms with E-state index in [-0.39, 0.29) is 0 Å². The van der Waals surface area contributed by atoms with Crippen LogP contribution in [0, 0.1) is 0 Å². The molecule has 0 saturated carbocycles. The summed E-state index contributed by atoms with van der Waals surface area (Å²) in [6.07, 6.45) is 2.22. The van der Waals surface area contributed by atoms with E-state index < -0.39 is 0 Å². The van der Waals surface area contributed by atoms with Crippen LogP contribution in [0.4, 0.5) is 0 Å². The lowest BCUT2D eigenvalue weighted by atomic mass is 10.1. The van der Waals surface area contributed by atoms with Crippen molar-refractivity contribution in [2.24, 2.45) is 0 Å². The van der Waals surface area contributed by atoms with Gasteiger partial charge in [-0.25, -0.2) is 0 Å². The van der Waals surface area contributed by atoms with Gasteiger partial charge in [-0.2, -0.15) is 0 Å². The lowest BCUT2D eigenvalue weighted by Crippen LogP contribution is -2.22.